The summed E-state index contributed by atoms with van der Waals surface area (Å²) >= 11 is 5.94. The van der Waals surface area contributed by atoms with Gasteiger partial charge in [-0.05, 0) is 83.3 Å². The van der Waals surface area contributed by atoms with Crippen molar-refractivity contribution >= 4 is 44.2 Å². The third-order valence-corrected chi connectivity index (χ3v) is 5.35. The van der Waals surface area contributed by atoms with Crippen LogP contribution in [0.15, 0.2) is 40.9 Å². The predicted octanol–water partition coefficient (Wildman–Crippen LogP) is 5.46. The minimum Gasteiger partial charge on any atom is -0.378 e. The van der Waals surface area contributed by atoms with Gasteiger partial charge in [-0.3, -0.25) is 0 Å². The van der Waals surface area contributed by atoms with Gasteiger partial charge in [-0.25, -0.2) is 0 Å². The standard InChI is InChI=1S/C16H15BrIN/c1-10-2-5-13(9-15(10)18)19-16-7-3-11-8-12(17)4-6-14(11)16/h2,4-6,8-9,16,19H,3,7H2,1H3. The molecule has 1 atom stereocenters. The second kappa shape index (κ2) is 5.44. The van der Waals surface area contributed by atoms with Crippen LogP contribution in [0.3, 0.4) is 0 Å². The maximum Gasteiger partial charge on any atom is 0.0519 e. The number of rotatable bonds is 2. The molecule has 98 valence electrons. The van der Waals surface area contributed by atoms with Crippen LogP contribution in [0, 0.1) is 10.5 Å². The molecule has 1 unspecified atom stereocenters. The Morgan fingerprint density at radius 1 is 1.21 bits per heavy atom. The Morgan fingerprint density at radius 2 is 2.05 bits per heavy atom. The highest BCUT2D eigenvalue weighted by Crippen LogP contribution is 2.35. The topological polar surface area (TPSA) is 12.0 Å². The number of hydrogen-bond donors (Lipinski definition) is 1. The van der Waals surface area contributed by atoms with Crippen LogP contribution < -0.4 is 5.32 Å². The van der Waals surface area contributed by atoms with Gasteiger partial charge in [-0.2, -0.15) is 0 Å². The Kier molecular flexibility index (Phi) is 3.85. The Morgan fingerprint density at radius 3 is 2.84 bits per heavy atom. The van der Waals surface area contributed by atoms with E-state index in [9.17, 15) is 0 Å². The molecule has 1 N–H and O–H groups in total. The molecule has 1 aliphatic carbocycles. The van der Waals surface area contributed by atoms with E-state index in [0.717, 1.165) is 6.42 Å². The highest BCUT2D eigenvalue weighted by atomic mass is 127. The molecule has 0 heterocycles. The van der Waals surface area contributed by atoms with E-state index >= 15 is 0 Å². The van der Waals surface area contributed by atoms with Crippen molar-refractivity contribution in [1.82, 2.24) is 0 Å². The van der Waals surface area contributed by atoms with Gasteiger partial charge in [0.2, 0.25) is 0 Å². The third kappa shape index (κ3) is 2.82. The van der Waals surface area contributed by atoms with Crippen molar-refractivity contribution in [2.75, 3.05) is 5.32 Å². The van der Waals surface area contributed by atoms with E-state index in [0.29, 0.717) is 6.04 Å². The van der Waals surface area contributed by atoms with Crippen LogP contribution in [0.25, 0.3) is 0 Å². The molecule has 1 nitrogen and oxygen atoms in total. The number of halogens is 2. The number of aryl methyl sites for hydroxylation is 2. The molecule has 2 aromatic rings. The Labute approximate surface area is 136 Å². The van der Waals surface area contributed by atoms with Gasteiger partial charge >= 0.3 is 0 Å². The molecule has 0 saturated carbocycles. The van der Waals surface area contributed by atoms with E-state index in [2.05, 4.69) is 87.2 Å². The molecule has 0 fully saturated rings. The Balaban J connectivity index is 1.84. The zero-order valence-corrected chi connectivity index (χ0v) is 14.5. The van der Waals surface area contributed by atoms with Crippen LogP contribution in [-0.2, 0) is 6.42 Å². The summed E-state index contributed by atoms with van der Waals surface area (Å²) < 4.78 is 2.49. The molecule has 2 aromatic carbocycles. The van der Waals surface area contributed by atoms with Crippen molar-refractivity contribution in [3.05, 3.63) is 61.1 Å². The fraction of sp³-hybridized carbons (Fsp3) is 0.250. The van der Waals surface area contributed by atoms with Crippen molar-refractivity contribution in [2.24, 2.45) is 0 Å². The first-order chi connectivity index (χ1) is 9.13. The molecule has 0 radical (unpaired) electrons. The molecule has 0 saturated heterocycles. The van der Waals surface area contributed by atoms with Crippen molar-refractivity contribution in [1.29, 1.82) is 0 Å². The Hall–Kier alpha value is -0.550. The smallest absolute Gasteiger partial charge is 0.0519 e. The van der Waals surface area contributed by atoms with Crippen LogP contribution in [0.4, 0.5) is 5.69 Å². The summed E-state index contributed by atoms with van der Waals surface area (Å²) in [6.07, 6.45) is 2.34. The molecule has 19 heavy (non-hydrogen) atoms. The molecule has 0 bridgehead atoms. The van der Waals surface area contributed by atoms with Gasteiger partial charge in [-0.15, -0.1) is 0 Å². The minimum absolute atomic E-state index is 0.446. The van der Waals surface area contributed by atoms with Crippen molar-refractivity contribution in [2.45, 2.75) is 25.8 Å². The Bertz CT molecular complexity index is 624. The van der Waals surface area contributed by atoms with E-state index in [4.69, 9.17) is 0 Å². The summed E-state index contributed by atoms with van der Waals surface area (Å²) in [6, 6.07) is 13.7. The second-order valence-corrected chi connectivity index (χ2v) is 7.12. The van der Waals surface area contributed by atoms with Crippen LogP contribution >= 0.6 is 38.5 Å². The molecule has 1 aliphatic rings. The van der Waals surface area contributed by atoms with Gasteiger partial charge in [0.05, 0.1) is 6.04 Å². The van der Waals surface area contributed by atoms with E-state index in [1.807, 2.05) is 0 Å². The zero-order chi connectivity index (χ0) is 13.4. The maximum absolute atomic E-state index is 3.66. The maximum atomic E-state index is 3.66. The molecule has 0 amide bonds. The van der Waals surface area contributed by atoms with Crippen LogP contribution in [0.2, 0.25) is 0 Å². The normalized spacial score (nSPS) is 17.3. The van der Waals surface area contributed by atoms with Crippen molar-refractivity contribution < 1.29 is 0 Å². The van der Waals surface area contributed by atoms with Gasteiger partial charge < -0.3 is 5.32 Å². The first-order valence-electron chi connectivity index (χ1n) is 6.44. The van der Waals surface area contributed by atoms with Gasteiger partial charge in [0.25, 0.3) is 0 Å². The molecule has 0 spiro atoms. The van der Waals surface area contributed by atoms with Crippen LogP contribution in [0.1, 0.15) is 29.2 Å². The summed E-state index contributed by atoms with van der Waals surface area (Å²) in [5.41, 5.74) is 5.46. The number of fused-ring (bicyclic) bond motifs is 1. The molecule has 0 aliphatic heterocycles. The molecule has 3 rings (SSSR count). The number of nitrogens with one attached hydrogen (secondary N) is 1. The largest absolute Gasteiger partial charge is 0.378 e. The average Bonchev–Trinajstić information content (AvgIpc) is 2.76. The summed E-state index contributed by atoms with van der Waals surface area (Å²) in [6.45, 7) is 2.15. The third-order valence-electron chi connectivity index (χ3n) is 3.70. The lowest BCUT2D eigenvalue weighted by atomic mass is 10.1. The van der Waals surface area contributed by atoms with Gasteiger partial charge in [-0.1, -0.05) is 28.1 Å². The van der Waals surface area contributed by atoms with Gasteiger partial charge in [0, 0.05) is 13.7 Å². The van der Waals surface area contributed by atoms with Crippen molar-refractivity contribution in [3.63, 3.8) is 0 Å². The second-order valence-electron chi connectivity index (χ2n) is 5.04. The highest BCUT2D eigenvalue weighted by molar-refractivity contribution is 14.1. The van der Waals surface area contributed by atoms with Gasteiger partial charge in [0.15, 0.2) is 0 Å². The minimum atomic E-state index is 0.446. The lowest BCUT2D eigenvalue weighted by molar-refractivity contribution is 0.762. The number of benzene rings is 2. The number of hydrogen-bond acceptors (Lipinski definition) is 1. The zero-order valence-electron chi connectivity index (χ0n) is 10.7. The van der Waals surface area contributed by atoms with E-state index < -0.39 is 0 Å². The van der Waals surface area contributed by atoms with E-state index in [1.54, 1.807) is 0 Å². The molecular formula is C16H15BrIN. The highest BCUT2D eigenvalue weighted by Gasteiger charge is 2.22. The predicted molar refractivity (Wildman–Crippen MR) is 92.7 cm³/mol. The van der Waals surface area contributed by atoms with E-state index in [-0.39, 0.29) is 0 Å². The quantitative estimate of drug-likeness (QED) is 0.627. The summed E-state index contributed by atoms with van der Waals surface area (Å²) in [4.78, 5) is 0. The lowest BCUT2D eigenvalue weighted by Crippen LogP contribution is -2.07. The summed E-state index contributed by atoms with van der Waals surface area (Å²) in [7, 11) is 0. The first-order valence-corrected chi connectivity index (χ1v) is 8.31. The molecular weight excluding hydrogens is 413 g/mol. The van der Waals surface area contributed by atoms with Crippen LogP contribution in [-0.4, -0.2) is 0 Å². The average molecular weight is 428 g/mol. The molecule has 0 aromatic heterocycles. The number of anilines is 1. The monoisotopic (exact) mass is 427 g/mol. The fourth-order valence-electron chi connectivity index (χ4n) is 2.62. The fourth-order valence-corrected chi connectivity index (χ4v) is 3.54. The van der Waals surface area contributed by atoms with Crippen LogP contribution in [0.5, 0.6) is 0 Å². The summed E-state index contributed by atoms with van der Waals surface area (Å²) in [5.74, 6) is 0. The SMILES string of the molecule is Cc1ccc(NC2CCc3cc(Br)ccc32)cc1I. The van der Waals surface area contributed by atoms with E-state index in [1.165, 1.54) is 36.8 Å². The lowest BCUT2D eigenvalue weighted by Gasteiger charge is -2.16. The van der Waals surface area contributed by atoms with Gasteiger partial charge in [0.1, 0.15) is 0 Å². The molecule has 3 heteroatoms. The van der Waals surface area contributed by atoms with Crippen molar-refractivity contribution in [3.8, 4) is 0 Å². The first kappa shape index (κ1) is 13.4. The summed E-state index contributed by atoms with van der Waals surface area (Å²) in [5, 5.41) is 3.66.